The Morgan fingerprint density at radius 1 is 0.879 bits per heavy atom. The van der Waals surface area contributed by atoms with Gasteiger partial charge in [-0.25, -0.2) is 0 Å². The van der Waals surface area contributed by atoms with E-state index in [9.17, 15) is 14.9 Å². The zero-order chi connectivity index (χ0) is 24.2. The van der Waals surface area contributed by atoms with Gasteiger partial charge in [0, 0.05) is 17.8 Å². The topological polar surface area (TPSA) is 57.9 Å². The molecule has 180 valence electrons. The van der Waals surface area contributed by atoms with Crippen LogP contribution in [0.25, 0.3) is 0 Å². The number of nitrogens with zero attached hydrogens (tertiary/aromatic N) is 1. The molecule has 0 radical (unpaired) electrons. The average Bonchev–Trinajstić information content (AvgIpc) is 2.72. The Hall–Kier alpha value is -1.43. The van der Waals surface area contributed by atoms with Crippen LogP contribution in [0.1, 0.15) is 99.8 Å². The number of rotatable bonds is 0. The summed E-state index contributed by atoms with van der Waals surface area (Å²) >= 11 is 0. The molecule has 0 N–H and O–H groups in total. The molecule has 33 heavy (non-hydrogen) atoms. The number of ketones is 2. The summed E-state index contributed by atoms with van der Waals surface area (Å²) in [7, 11) is 0. The van der Waals surface area contributed by atoms with Gasteiger partial charge in [0.05, 0.1) is 5.57 Å². The van der Waals surface area contributed by atoms with Gasteiger partial charge in [0.2, 0.25) is 0 Å². The van der Waals surface area contributed by atoms with Crippen LogP contribution in [0.15, 0.2) is 11.6 Å². The summed E-state index contributed by atoms with van der Waals surface area (Å²) in [5, 5.41) is 9.82. The molecule has 0 aliphatic heterocycles. The third-order valence-electron chi connectivity index (χ3n) is 12.3. The third kappa shape index (κ3) is 2.85. The van der Waals surface area contributed by atoms with Crippen LogP contribution < -0.4 is 0 Å². The molecule has 5 aliphatic rings. The number of allylic oxidation sites excluding steroid dienone is 2. The maximum atomic E-state index is 14.1. The lowest BCUT2D eigenvalue weighted by molar-refractivity contribution is -0.210. The molecule has 0 amide bonds. The van der Waals surface area contributed by atoms with Crippen LogP contribution in [-0.4, -0.2) is 11.6 Å². The summed E-state index contributed by atoms with van der Waals surface area (Å²) in [4.78, 5) is 27.3. The molecule has 0 aromatic carbocycles. The fourth-order valence-corrected chi connectivity index (χ4v) is 10.4. The van der Waals surface area contributed by atoms with Crippen LogP contribution in [0.3, 0.4) is 0 Å². The lowest BCUT2D eigenvalue weighted by Crippen LogP contribution is -2.67. The zero-order valence-corrected chi connectivity index (χ0v) is 21.9. The molecular formula is C30H43NO2. The van der Waals surface area contributed by atoms with Crippen molar-refractivity contribution in [2.75, 3.05) is 0 Å². The van der Waals surface area contributed by atoms with E-state index in [1.54, 1.807) is 0 Å². The molecule has 0 bridgehead atoms. The van der Waals surface area contributed by atoms with E-state index in [0.717, 1.165) is 19.3 Å². The van der Waals surface area contributed by atoms with Crippen molar-refractivity contribution in [1.82, 2.24) is 0 Å². The zero-order valence-electron chi connectivity index (χ0n) is 21.9. The van der Waals surface area contributed by atoms with E-state index >= 15 is 0 Å². The van der Waals surface area contributed by atoms with Crippen molar-refractivity contribution in [1.29, 1.82) is 5.26 Å². The fourth-order valence-electron chi connectivity index (χ4n) is 10.4. The molecular weight excluding hydrogens is 406 g/mol. The quantitative estimate of drug-likeness (QED) is 0.403. The van der Waals surface area contributed by atoms with Crippen LogP contribution >= 0.6 is 0 Å². The average molecular weight is 450 g/mol. The lowest BCUT2D eigenvalue weighted by atomic mass is 9.33. The second-order valence-electron chi connectivity index (χ2n) is 14.6. The first kappa shape index (κ1) is 23.3. The Morgan fingerprint density at radius 2 is 1.52 bits per heavy atom. The molecule has 5 rings (SSSR count). The minimum absolute atomic E-state index is 0.00180. The highest BCUT2D eigenvalue weighted by atomic mass is 16.1. The van der Waals surface area contributed by atoms with Crippen molar-refractivity contribution in [3.8, 4) is 6.07 Å². The molecule has 0 saturated heterocycles. The largest absolute Gasteiger partial charge is 0.299 e. The van der Waals surface area contributed by atoms with Gasteiger partial charge >= 0.3 is 0 Å². The van der Waals surface area contributed by atoms with Crippen molar-refractivity contribution in [2.45, 2.75) is 99.8 Å². The Balaban J connectivity index is 1.61. The van der Waals surface area contributed by atoms with Gasteiger partial charge in [0.25, 0.3) is 0 Å². The number of Topliss-reactive ketones (excluding diaryl/α,β-unsaturated/α-hetero) is 2. The highest BCUT2D eigenvalue weighted by molar-refractivity contribution is 6.04. The number of hydrogen-bond acceptors (Lipinski definition) is 3. The number of fused-ring (bicyclic) bond motifs is 7. The van der Waals surface area contributed by atoms with Gasteiger partial charge < -0.3 is 0 Å². The van der Waals surface area contributed by atoms with Crippen molar-refractivity contribution in [3.05, 3.63) is 11.6 Å². The SMILES string of the molecule is CC1(C)CCC2CCC3(C)C(C(=O)CC4C5(C)C=C(C#N)C(=O)C(C)(C)C5CCC43C)C2C1. The van der Waals surface area contributed by atoms with Crippen LogP contribution in [0.5, 0.6) is 0 Å². The standard InChI is InChI=1S/C30H43NO2/c1-26(2)11-8-18-9-12-30(7)24(20(18)16-26)21(32)14-23-28(5)15-19(17-31)25(33)27(3,4)22(28)10-13-29(23,30)6/h15,18,20,22-24H,8-14,16H2,1-7H3. The number of carbonyl (C=O) groups excluding carboxylic acids is 2. The van der Waals surface area contributed by atoms with Crippen LogP contribution in [0, 0.1) is 68.0 Å². The number of nitriles is 1. The Kier molecular flexibility index (Phi) is 4.82. The van der Waals surface area contributed by atoms with Gasteiger partial charge in [0.1, 0.15) is 11.9 Å². The second-order valence-corrected chi connectivity index (χ2v) is 14.6. The van der Waals surface area contributed by atoms with E-state index in [2.05, 4.69) is 40.7 Å². The second kappa shape index (κ2) is 6.83. The van der Waals surface area contributed by atoms with Crippen molar-refractivity contribution in [2.24, 2.45) is 56.7 Å². The molecule has 0 aromatic rings. The molecule has 8 atom stereocenters. The summed E-state index contributed by atoms with van der Waals surface area (Å²) in [5.74, 6) is 2.27. The fraction of sp³-hybridized carbons (Fsp3) is 0.833. The Morgan fingerprint density at radius 3 is 2.18 bits per heavy atom. The first-order valence-corrected chi connectivity index (χ1v) is 13.4. The predicted octanol–water partition coefficient (Wildman–Crippen LogP) is 6.92. The molecule has 4 saturated carbocycles. The number of hydrogen-bond donors (Lipinski definition) is 0. The summed E-state index contributed by atoms with van der Waals surface area (Å²) in [5.41, 5.74) is -0.137. The maximum absolute atomic E-state index is 14.1. The van der Waals surface area contributed by atoms with E-state index < -0.39 is 5.41 Å². The van der Waals surface area contributed by atoms with E-state index in [4.69, 9.17) is 0 Å². The van der Waals surface area contributed by atoms with E-state index in [1.165, 1.54) is 25.7 Å². The first-order chi connectivity index (χ1) is 15.2. The van der Waals surface area contributed by atoms with Gasteiger partial charge in [-0.05, 0) is 90.3 Å². The summed E-state index contributed by atoms with van der Waals surface area (Å²) in [6.45, 7) is 16.1. The predicted molar refractivity (Wildman–Crippen MR) is 130 cm³/mol. The first-order valence-electron chi connectivity index (χ1n) is 13.4. The third-order valence-corrected chi connectivity index (χ3v) is 12.3. The minimum Gasteiger partial charge on any atom is -0.299 e. The van der Waals surface area contributed by atoms with Gasteiger partial charge in [-0.15, -0.1) is 0 Å². The smallest absolute Gasteiger partial charge is 0.178 e. The summed E-state index contributed by atoms with van der Waals surface area (Å²) in [6.07, 6.45) is 10.9. The molecule has 3 heteroatoms. The lowest BCUT2D eigenvalue weighted by Gasteiger charge is -2.70. The van der Waals surface area contributed by atoms with Crippen LogP contribution in [0.4, 0.5) is 0 Å². The molecule has 3 nitrogen and oxygen atoms in total. The molecule has 5 aliphatic carbocycles. The van der Waals surface area contributed by atoms with E-state index in [1.807, 2.05) is 19.9 Å². The van der Waals surface area contributed by atoms with Gasteiger partial charge in [0.15, 0.2) is 5.78 Å². The monoisotopic (exact) mass is 449 g/mol. The van der Waals surface area contributed by atoms with Crippen LogP contribution in [-0.2, 0) is 9.59 Å². The highest BCUT2D eigenvalue weighted by Gasteiger charge is 2.70. The Labute approximate surface area is 200 Å². The maximum Gasteiger partial charge on any atom is 0.178 e. The summed E-state index contributed by atoms with van der Waals surface area (Å²) < 4.78 is 0. The van der Waals surface area contributed by atoms with Gasteiger partial charge in [-0.2, -0.15) is 5.26 Å². The highest BCUT2D eigenvalue weighted by Crippen LogP contribution is 2.74. The van der Waals surface area contributed by atoms with Crippen molar-refractivity contribution < 1.29 is 9.59 Å². The molecule has 0 aromatic heterocycles. The van der Waals surface area contributed by atoms with Gasteiger partial charge in [-0.3, -0.25) is 9.59 Å². The molecule has 4 fully saturated rings. The normalized spacial score (nSPS) is 50.1. The van der Waals surface area contributed by atoms with E-state index in [-0.39, 0.29) is 39.8 Å². The molecule has 0 heterocycles. The van der Waals surface area contributed by atoms with Crippen LogP contribution in [0.2, 0.25) is 0 Å². The summed E-state index contributed by atoms with van der Waals surface area (Å²) in [6, 6.07) is 2.23. The van der Waals surface area contributed by atoms with E-state index in [0.29, 0.717) is 35.0 Å². The minimum atomic E-state index is -0.554. The van der Waals surface area contributed by atoms with Crippen molar-refractivity contribution >= 4 is 11.6 Å². The Bertz CT molecular complexity index is 982. The van der Waals surface area contributed by atoms with Crippen molar-refractivity contribution in [3.63, 3.8) is 0 Å². The molecule has 8 unspecified atom stereocenters. The van der Waals surface area contributed by atoms with Gasteiger partial charge in [-0.1, -0.05) is 54.5 Å². The molecule has 0 spiro atoms. The number of carbonyl (C=O) groups is 2.